The Balaban J connectivity index is 3.59. The Morgan fingerprint density at radius 1 is 1.46 bits per heavy atom. The molecule has 0 fully saturated rings. The van der Waals surface area contributed by atoms with E-state index in [9.17, 15) is 9.59 Å². The number of nitrogens with zero attached hydrogens (tertiary/aromatic N) is 1. The van der Waals surface area contributed by atoms with Crippen molar-refractivity contribution >= 4 is 11.9 Å². The minimum absolute atomic E-state index is 0.173. The Labute approximate surface area is 76.2 Å². The number of carbonyl (C=O) groups is 2. The number of hydrogen-bond donors (Lipinski definition) is 3. The van der Waals surface area contributed by atoms with Crippen LogP contribution in [0, 0.1) is 0 Å². The second-order valence-electron chi connectivity index (χ2n) is 2.57. The summed E-state index contributed by atoms with van der Waals surface area (Å²) in [5.74, 6) is -1.18. The highest BCUT2D eigenvalue weighted by Gasteiger charge is 2.07. The Morgan fingerprint density at radius 3 is 2.46 bits per heavy atom. The second-order valence-corrected chi connectivity index (χ2v) is 2.57. The molecule has 0 aliphatic carbocycles. The molecule has 0 unspecified atom stereocenters. The van der Waals surface area contributed by atoms with Gasteiger partial charge in [-0.25, -0.2) is 0 Å². The normalized spacial score (nSPS) is 10.1. The number of amides is 1. The number of rotatable bonds is 6. The standard InChI is InChI=1S/C7H14N2O4/c1-6(11)8-2-3-9(5-10)4-7(12)13/h10H,2-5H2,1H3,(H,8,11)(H,12,13). The van der Waals surface area contributed by atoms with E-state index in [0.717, 1.165) is 0 Å². The third-order valence-electron chi connectivity index (χ3n) is 1.36. The number of nitrogens with one attached hydrogen (secondary N) is 1. The molecule has 6 nitrogen and oxygen atoms in total. The van der Waals surface area contributed by atoms with Crippen LogP contribution in [0.15, 0.2) is 0 Å². The first kappa shape index (κ1) is 11.9. The summed E-state index contributed by atoms with van der Waals surface area (Å²) in [6.07, 6.45) is 0. The van der Waals surface area contributed by atoms with Gasteiger partial charge in [-0.05, 0) is 0 Å². The average molecular weight is 190 g/mol. The lowest BCUT2D eigenvalue weighted by atomic mass is 10.5. The van der Waals surface area contributed by atoms with E-state index in [-0.39, 0.29) is 19.2 Å². The first-order valence-corrected chi connectivity index (χ1v) is 3.85. The van der Waals surface area contributed by atoms with Gasteiger partial charge in [-0.1, -0.05) is 0 Å². The molecule has 0 saturated carbocycles. The Kier molecular flexibility index (Phi) is 5.82. The van der Waals surface area contributed by atoms with E-state index >= 15 is 0 Å². The van der Waals surface area contributed by atoms with Gasteiger partial charge >= 0.3 is 5.97 Å². The van der Waals surface area contributed by atoms with Crippen molar-refractivity contribution in [1.82, 2.24) is 10.2 Å². The van der Waals surface area contributed by atoms with Gasteiger partial charge in [0.1, 0.15) is 0 Å². The maximum atomic E-state index is 10.4. The van der Waals surface area contributed by atoms with Crippen molar-refractivity contribution in [3.05, 3.63) is 0 Å². The number of aliphatic hydroxyl groups is 1. The lowest BCUT2D eigenvalue weighted by Gasteiger charge is -2.16. The number of carboxylic acid groups (broad SMARTS) is 1. The number of aliphatic hydroxyl groups excluding tert-OH is 1. The Morgan fingerprint density at radius 2 is 2.08 bits per heavy atom. The maximum Gasteiger partial charge on any atom is 0.317 e. The number of carbonyl (C=O) groups excluding carboxylic acids is 1. The molecule has 0 spiro atoms. The van der Waals surface area contributed by atoms with Gasteiger partial charge in [-0.15, -0.1) is 0 Å². The van der Waals surface area contributed by atoms with Gasteiger partial charge in [0.2, 0.25) is 5.91 Å². The molecule has 0 bridgehead atoms. The number of aliphatic carboxylic acids is 1. The predicted octanol–water partition coefficient (Wildman–Crippen LogP) is -1.54. The minimum Gasteiger partial charge on any atom is -0.480 e. The molecule has 0 aliphatic heterocycles. The molecule has 1 amide bonds. The van der Waals surface area contributed by atoms with Gasteiger partial charge in [0.05, 0.1) is 13.3 Å². The Hall–Kier alpha value is -1.14. The molecule has 0 aliphatic rings. The summed E-state index contributed by atoms with van der Waals surface area (Å²) in [5.41, 5.74) is 0. The molecule has 0 atom stereocenters. The molecule has 0 aromatic carbocycles. The summed E-state index contributed by atoms with van der Waals surface area (Å²) in [5, 5.41) is 19.6. The molecule has 3 N–H and O–H groups in total. The van der Waals surface area contributed by atoms with Crippen molar-refractivity contribution in [3.8, 4) is 0 Å². The van der Waals surface area contributed by atoms with Gasteiger partial charge in [-0.2, -0.15) is 0 Å². The van der Waals surface area contributed by atoms with Crippen molar-refractivity contribution in [2.45, 2.75) is 6.92 Å². The molecule has 0 aromatic heterocycles. The first-order valence-electron chi connectivity index (χ1n) is 3.85. The van der Waals surface area contributed by atoms with Crippen LogP contribution in [-0.2, 0) is 9.59 Å². The monoisotopic (exact) mass is 190 g/mol. The van der Waals surface area contributed by atoms with Gasteiger partial charge < -0.3 is 15.5 Å². The van der Waals surface area contributed by atoms with Crippen molar-refractivity contribution in [3.63, 3.8) is 0 Å². The zero-order valence-corrected chi connectivity index (χ0v) is 7.49. The van der Waals surface area contributed by atoms with Gasteiger partial charge in [0, 0.05) is 20.0 Å². The van der Waals surface area contributed by atoms with Crippen LogP contribution in [0.25, 0.3) is 0 Å². The van der Waals surface area contributed by atoms with Crippen molar-refractivity contribution < 1.29 is 19.8 Å². The third kappa shape index (κ3) is 7.23. The van der Waals surface area contributed by atoms with Crippen LogP contribution in [0.1, 0.15) is 6.92 Å². The van der Waals surface area contributed by atoms with Crippen LogP contribution in [0.3, 0.4) is 0 Å². The lowest BCUT2D eigenvalue weighted by Crippen LogP contribution is -2.37. The summed E-state index contributed by atoms with van der Waals surface area (Å²) in [4.78, 5) is 22.0. The quantitative estimate of drug-likeness (QED) is 0.442. The van der Waals surface area contributed by atoms with E-state index in [1.165, 1.54) is 11.8 Å². The van der Waals surface area contributed by atoms with Gasteiger partial charge in [0.25, 0.3) is 0 Å². The fraction of sp³-hybridized carbons (Fsp3) is 0.714. The second kappa shape index (κ2) is 6.38. The molecule has 0 heterocycles. The van der Waals surface area contributed by atoms with Crippen LogP contribution in [-0.4, -0.2) is 53.4 Å². The van der Waals surface area contributed by atoms with Crippen molar-refractivity contribution in [2.75, 3.05) is 26.4 Å². The van der Waals surface area contributed by atoms with Crippen LogP contribution in [0.2, 0.25) is 0 Å². The average Bonchev–Trinajstić information content (AvgIpc) is 2.01. The van der Waals surface area contributed by atoms with Crippen LogP contribution in [0.4, 0.5) is 0 Å². The third-order valence-corrected chi connectivity index (χ3v) is 1.36. The first-order chi connectivity index (χ1) is 6.06. The van der Waals surface area contributed by atoms with E-state index in [4.69, 9.17) is 10.2 Å². The molecular weight excluding hydrogens is 176 g/mol. The molecule has 13 heavy (non-hydrogen) atoms. The van der Waals surface area contributed by atoms with E-state index in [1.54, 1.807) is 0 Å². The lowest BCUT2D eigenvalue weighted by molar-refractivity contribution is -0.139. The zero-order valence-electron chi connectivity index (χ0n) is 7.49. The summed E-state index contributed by atoms with van der Waals surface area (Å²) in [6, 6.07) is 0. The number of carboxylic acids is 1. The molecule has 6 heteroatoms. The topological polar surface area (TPSA) is 89.9 Å². The highest BCUT2D eigenvalue weighted by atomic mass is 16.4. The Bertz CT molecular complexity index is 183. The summed E-state index contributed by atoms with van der Waals surface area (Å²) in [7, 11) is 0. The maximum absolute atomic E-state index is 10.4. The molecular formula is C7H14N2O4. The van der Waals surface area contributed by atoms with E-state index in [2.05, 4.69) is 5.32 Å². The zero-order chi connectivity index (χ0) is 10.3. The molecule has 0 rings (SSSR count). The summed E-state index contributed by atoms with van der Waals surface area (Å²) in [6.45, 7) is 1.48. The SMILES string of the molecule is CC(=O)NCCN(CO)CC(=O)O. The number of hydrogen-bond acceptors (Lipinski definition) is 4. The fourth-order valence-corrected chi connectivity index (χ4v) is 0.781. The summed E-state index contributed by atoms with van der Waals surface area (Å²) < 4.78 is 0. The molecule has 0 radical (unpaired) electrons. The largest absolute Gasteiger partial charge is 0.480 e. The highest BCUT2D eigenvalue weighted by molar-refractivity contribution is 5.72. The van der Waals surface area contributed by atoms with Crippen LogP contribution < -0.4 is 5.32 Å². The fourth-order valence-electron chi connectivity index (χ4n) is 0.781. The van der Waals surface area contributed by atoms with E-state index in [0.29, 0.717) is 13.1 Å². The van der Waals surface area contributed by atoms with Gasteiger partial charge in [0.15, 0.2) is 0 Å². The van der Waals surface area contributed by atoms with Crippen LogP contribution in [0.5, 0.6) is 0 Å². The molecule has 0 aromatic rings. The van der Waals surface area contributed by atoms with Crippen LogP contribution >= 0.6 is 0 Å². The highest BCUT2D eigenvalue weighted by Crippen LogP contribution is 1.84. The molecule has 0 saturated heterocycles. The van der Waals surface area contributed by atoms with E-state index < -0.39 is 5.97 Å². The predicted molar refractivity (Wildman–Crippen MR) is 45.0 cm³/mol. The van der Waals surface area contributed by atoms with Gasteiger partial charge in [-0.3, -0.25) is 14.5 Å². The minimum atomic E-state index is -1.00. The van der Waals surface area contributed by atoms with E-state index in [1.807, 2.05) is 0 Å². The smallest absolute Gasteiger partial charge is 0.317 e. The van der Waals surface area contributed by atoms with Crippen molar-refractivity contribution in [2.24, 2.45) is 0 Å². The molecule has 76 valence electrons. The summed E-state index contributed by atoms with van der Waals surface area (Å²) >= 11 is 0. The van der Waals surface area contributed by atoms with Crippen molar-refractivity contribution in [1.29, 1.82) is 0 Å².